The zero-order valence-corrected chi connectivity index (χ0v) is 7.51. The van der Waals surface area contributed by atoms with Crippen molar-refractivity contribution in [3.63, 3.8) is 0 Å². The Morgan fingerprint density at radius 1 is 1.40 bits per heavy atom. The standard InChI is InChI=1S/C7H8N4O4/c8-5(12)2-11-4(6(9)13)1-3(10-11)7(14)15/h1H,2H2,(H2,8,12)(H2,9,13)(H,14,15). The molecule has 1 heterocycles. The van der Waals surface area contributed by atoms with Crippen molar-refractivity contribution in [2.75, 3.05) is 0 Å². The number of rotatable bonds is 4. The van der Waals surface area contributed by atoms with Gasteiger partial charge in [-0.1, -0.05) is 0 Å². The molecule has 8 heteroatoms. The van der Waals surface area contributed by atoms with Crippen LogP contribution in [0.1, 0.15) is 21.0 Å². The molecule has 0 aliphatic rings. The number of aromatic nitrogens is 2. The summed E-state index contributed by atoms with van der Waals surface area (Å²) >= 11 is 0. The van der Waals surface area contributed by atoms with Crippen molar-refractivity contribution in [1.29, 1.82) is 0 Å². The first-order chi connectivity index (χ1) is 6.91. The van der Waals surface area contributed by atoms with Gasteiger partial charge in [-0.25, -0.2) is 9.48 Å². The maximum absolute atomic E-state index is 10.9. The minimum absolute atomic E-state index is 0.175. The number of carboxylic acids is 1. The Bertz CT molecular complexity index is 436. The minimum atomic E-state index is -1.32. The largest absolute Gasteiger partial charge is 0.476 e. The van der Waals surface area contributed by atoms with Gasteiger partial charge in [0.15, 0.2) is 5.69 Å². The van der Waals surface area contributed by atoms with Gasteiger partial charge in [0, 0.05) is 6.07 Å². The fraction of sp³-hybridized carbons (Fsp3) is 0.143. The Kier molecular flexibility index (Phi) is 2.70. The highest BCUT2D eigenvalue weighted by molar-refractivity contribution is 5.95. The van der Waals surface area contributed by atoms with E-state index in [0.29, 0.717) is 0 Å². The number of carbonyl (C=O) groups excluding carboxylic acids is 2. The molecule has 0 radical (unpaired) electrons. The SMILES string of the molecule is NC(=O)Cn1nc(C(=O)O)cc1C(N)=O. The van der Waals surface area contributed by atoms with E-state index in [1.807, 2.05) is 0 Å². The van der Waals surface area contributed by atoms with Crippen LogP contribution in [0.3, 0.4) is 0 Å². The lowest BCUT2D eigenvalue weighted by Gasteiger charge is -1.99. The number of carbonyl (C=O) groups is 3. The van der Waals surface area contributed by atoms with E-state index in [4.69, 9.17) is 16.6 Å². The molecular weight excluding hydrogens is 204 g/mol. The molecule has 8 nitrogen and oxygen atoms in total. The van der Waals surface area contributed by atoms with Gasteiger partial charge in [0.1, 0.15) is 12.2 Å². The average Bonchev–Trinajstić information content (AvgIpc) is 2.46. The summed E-state index contributed by atoms with van der Waals surface area (Å²) in [6, 6.07) is 0.980. The van der Waals surface area contributed by atoms with Gasteiger partial charge in [-0.2, -0.15) is 5.10 Å². The number of aromatic carboxylic acids is 1. The van der Waals surface area contributed by atoms with Gasteiger partial charge in [0.25, 0.3) is 5.91 Å². The van der Waals surface area contributed by atoms with Crippen molar-refractivity contribution in [2.24, 2.45) is 11.5 Å². The van der Waals surface area contributed by atoms with Gasteiger partial charge in [-0.05, 0) is 0 Å². The average molecular weight is 212 g/mol. The fourth-order valence-electron chi connectivity index (χ4n) is 0.988. The number of nitrogens with two attached hydrogens (primary N) is 2. The first-order valence-electron chi connectivity index (χ1n) is 3.81. The lowest BCUT2D eigenvalue weighted by atomic mass is 10.3. The molecule has 0 atom stereocenters. The normalized spacial score (nSPS) is 9.87. The highest BCUT2D eigenvalue weighted by Gasteiger charge is 2.17. The summed E-state index contributed by atoms with van der Waals surface area (Å²) in [6.45, 7) is -0.397. The predicted octanol–water partition coefficient (Wildman–Crippen LogP) is -1.83. The quantitative estimate of drug-likeness (QED) is 0.537. The van der Waals surface area contributed by atoms with Crippen LogP contribution in [-0.4, -0.2) is 32.7 Å². The molecule has 1 rings (SSSR count). The Balaban J connectivity index is 3.17. The molecule has 0 unspecified atom stereocenters. The Labute approximate surface area is 83.5 Å². The summed E-state index contributed by atoms with van der Waals surface area (Å²) < 4.78 is 0.855. The smallest absolute Gasteiger partial charge is 0.356 e. The first kappa shape index (κ1) is 10.7. The summed E-state index contributed by atoms with van der Waals surface area (Å²) in [5.41, 5.74) is 9.29. The second-order valence-electron chi connectivity index (χ2n) is 2.71. The summed E-state index contributed by atoms with van der Waals surface area (Å²) in [5.74, 6) is -2.95. The molecule has 1 aromatic heterocycles. The third-order valence-electron chi connectivity index (χ3n) is 1.56. The van der Waals surface area contributed by atoms with E-state index in [1.54, 1.807) is 0 Å². The molecule has 0 bridgehead atoms. The van der Waals surface area contributed by atoms with Gasteiger partial charge in [0.05, 0.1) is 0 Å². The van der Waals surface area contributed by atoms with Gasteiger partial charge in [0.2, 0.25) is 5.91 Å². The molecule has 0 saturated heterocycles. The third-order valence-corrected chi connectivity index (χ3v) is 1.56. The maximum Gasteiger partial charge on any atom is 0.356 e. The molecule has 0 fully saturated rings. The van der Waals surface area contributed by atoms with Crippen LogP contribution in [0.25, 0.3) is 0 Å². The van der Waals surface area contributed by atoms with Crippen LogP contribution >= 0.6 is 0 Å². The zero-order valence-electron chi connectivity index (χ0n) is 7.51. The van der Waals surface area contributed by atoms with Crippen LogP contribution in [0, 0.1) is 0 Å². The molecular formula is C7H8N4O4. The van der Waals surface area contributed by atoms with Gasteiger partial charge >= 0.3 is 5.97 Å². The molecule has 2 amide bonds. The van der Waals surface area contributed by atoms with Crippen LogP contribution in [0.15, 0.2) is 6.07 Å². The number of primary amides is 2. The van der Waals surface area contributed by atoms with Crippen molar-refractivity contribution < 1.29 is 19.5 Å². The lowest BCUT2D eigenvalue weighted by Crippen LogP contribution is -2.24. The van der Waals surface area contributed by atoms with Crippen LogP contribution < -0.4 is 11.5 Å². The third kappa shape index (κ3) is 2.30. The van der Waals surface area contributed by atoms with E-state index < -0.39 is 24.3 Å². The second-order valence-corrected chi connectivity index (χ2v) is 2.71. The Morgan fingerprint density at radius 2 is 2.00 bits per heavy atom. The van der Waals surface area contributed by atoms with E-state index in [9.17, 15) is 14.4 Å². The van der Waals surface area contributed by atoms with Crippen molar-refractivity contribution >= 4 is 17.8 Å². The molecule has 0 aliphatic heterocycles. The van der Waals surface area contributed by atoms with E-state index >= 15 is 0 Å². The second kappa shape index (κ2) is 3.78. The van der Waals surface area contributed by atoms with Gasteiger partial charge in [-0.3, -0.25) is 9.59 Å². The summed E-state index contributed by atoms with van der Waals surface area (Å²) in [6.07, 6.45) is 0. The molecule has 80 valence electrons. The van der Waals surface area contributed by atoms with E-state index in [2.05, 4.69) is 5.10 Å². The Hall–Kier alpha value is -2.38. The van der Waals surface area contributed by atoms with E-state index in [0.717, 1.165) is 10.7 Å². The Morgan fingerprint density at radius 3 is 2.40 bits per heavy atom. The van der Waals surface area contributed by atoms with Crippen LogP contribution in [-0.2, 0) is 11.3 Å². The summed E-state index contributed by atoms with van der Waals surface area (Å²) in [7, 11) is 0. The zero-order chi connectivity index (χ0) is 11.6. The highest BCUT2D eigenvalue weighted by Crippen LogP contribution is 2.03. The van der Waals surface area contributed by atoms with Crippen LogP contribution in [0.5, 0.6) is 0 Å². The molecule has 5 N–H and O–H groups in total. The fourth-order valence-corrected chi connectivity index (χ4v) is 0.988. The number of carboxylic acid groups (broad SMARTS) is 1. The monoisotopic (exact) mass is 212 g/mol. The molecule has 0 aromatic carbocycles. The molecule has 1 aromatic rings. The molecule has 15 heavy (non-hydrogen) atoms. The number of hydrogen-bond donors (Lipinski definition) is 3. The molecule has 0 spiro atoms. The maximum atomic E-state index is 10.9. The van der Waals surface area contributed by atoms with Crippen LogP contribution in [0.4, 0.5) is 0 Å². The van der Waals surface area contributed by atoms with E-state index in [1.165, 1.54) is 0 Å². The molecule has 0 aliphatic carbocycles. The topological polar surface area (TPSA) is 141 Å². The van der Waals surface area contributed by atoms with Gasteiger partial charge in [-0.15, -0.1) is 0 Å². The van der Waals surface area contributed by atoms with Crippen LogP contribution in [0.2, 0.25) is 0 Å². The summed E-state index contributed by atoms with van der Waals surface area (Å²) in [5, 5.41) is 12.1. The predicted molar refractivity (Wildman–Crippen MR) is 46.9 cm³/mol. The highest BCUT2D eigenvalue weighted by atomic mass is 16.4. The number of nitrogens with zero attached hydrogens (tertiary/aromatic N) is 2. The van der Waals surface area contributed by atoms with Gasteiger partial charge < -0.3 is 16.6 Å². The minimum Gasteiger partial charge on any atom is -0.476 e. The number of hydrogen-bond acceptors (Lipinski definition) is 4. The van der Waals surface area contributed by atoms with Crippen molar-refractivity contribution in [1.82, 2.24) is 9.78 Å². The molecule has 0 saturated carbocycles. The van der Waals surface area contributed by atoms with Crippen molar-refractivity contribution in [3.05, 3.63) is 17.5 Å². The lowest BCUT2D eigenvalue weighted by molar-refractivity contribution is -0.118. The first-order valence-corrected chi connectivity index (χ1v) is 3.81. The number of amides is 2. The van der Waals surface area contributed by atoms with E-state index in [-0.39, 0.29) is 11.4 Å². The van der Waals surface area contributed by atoms with Crippen molar-refractivity contribution in [3.8, 4) is 0 Å². The summed E-state index contributed by atoms with van der Waals surface area (Å²) in [4.78, 5) is 32.0. The van der Waals surface area contributed by atoms with Crippen molar-refractivity contribution in [2.45, 2.75) is 6.54 Å².